The highest BCUT2D eigenvalue weighted by Gasteiger charge is 2.07. The fourth-order valence-electron chi connectivity index (χ4n) is 1.74. The molecule has 0 N–H and O–H groups in total. The molecule has 0 spiro atoms. The highest BCUT2D eigenvalue weighted by atomic mass is 16.1. The normalized spacial score (nSPS) is 10.6. The van der Waals surface area contributed by atoms with E-state index in [2.05, 4.69) is 26.8 Å². The Balaban J connectivity index is 3.08. The molecule has 1 aromatic rings. The van der Waals surface area contributed by atoms with Gasteiger partial charge in [-0.3, -0.25) is 4.79 Å². The molecule has 0 unspecified atom stereocenters. The molecule has 1 aromatic carbocycles. The predicted octanol–water partition coefficient (Wildman–Crippen LogP) is 3.26. The van der Waals surface area contributed by atoms with Crippen molar-refractivity contribution in [3.05, 3.63) is 34.9 Å². The van der Waals surface area contributed by atoms with Gasteiger partial charge in [-0.25, -0.2) is 0 Å². The van der Waals surface area contributed by atoms with Gasteiger partial charge in [-0.05, 0) is 29.9 Å². The lowest BCUT2D eigenvalue weighted by Crippen LogP contribution is -2.02. The van der Waals surface area contributed by atoms with Crippen molar-refractivity contribution < 1.29 is 4.79 Å². The Morgan fingerprint density at radius 1 is 1.29 bits per heavy atom. The number of aryl methyl sites for hydroxylation is 1. The van der Waals surface area contributed by atoms with Gasteiger partial charge in [0.2, 0.25) is 0 Å². The van der Waals surface area contributed by atoms with Crippen LogP contribution >= 0.6 is 0 Å². The van der Waals surface area contributed by atoms with Crippen LogP contribution in [-0.2, 0) is 12.8 Å². The van der Waals surface area contributed by atoms with E-state index < -0.39 is 0 Å². The summed E-state index contributed by atoms with van der Waals surface area (Å²) in [5.74, 6) is 0.598. The zero-order valence-electron chi connectivity index (χ0n) is 9.21. The minimum atomic E-state index is 0.598. The Hall–Kier alpha value is -1.11. The lowest BCUT2D eigenvalue weighted by molar-refractivity contribution is 0.112. The highest BCUT2D eigenvalue weighted by molar-refractivity contribution is 5.79. The molecular weight excluding hydrogens is 172 g/mol. The summed E-state index contributed by atoms with van der Waals surface area (Å²) in [6, 6.07) is 6.14. The van der Waals surface area contributed by atoms with Crippen LogP contribution in [0.5, 0.6) is 0 Å². The first kappa shape index (κ1) is 11.0. The largest absolute Gasteiger partial charge is 0.298 e. The van der Waals surface area contributed by atoms with Crippen LogP contribution in [0.3, 0.4) is 0 Å². The Morgan fingerprint density at radius 2 is 1.93 bits per heavy atom. The van der Waals surface area contributed by atoms with Crippen LogP contribution in [0.2, 0.25) is 0 Å². The fourth-order valence-corrected chi connectivity index (χ4v) is 1.74. The molecule has 1 rings (SSSR count). The van der Waals surface area contributed by atoms with E-state index in [9.17, 15) is 4.79 Å². The van der Waals surface area contributed by atoms with E-state index in [-0.39, 0.29) is 0 Å². The summed E-state index contributed by atoms with van der Waals surface area (Å²) in [7, 11) is 0. The molecule has 1 nitrogen and oxygen atoms in total. The molecule has 0 aliphatic carbocycles. The maximum Gasteiger partial charge on any atom is 0.150 e. The topological polar surface area (TPSA) is 17.1 Å². The van der Waals surface area contributed by atoms with E-state index in [4.69, 9.17) is 0 Å². The number of aldehydes is 1. The van der Waals surface area contributed by atoms with Gasteiger partial charge in [0.05, 0.1) is 0 Å². The Kier molecular flexibility index (Phi) is 3.87. The molecule has 0 atom stereocenters. The van der Waals surface area contributed by atoms with Gasteiger partial charge in [0, 0.05) is 5.56 Å². The number of carbonyl (C=O) groups is 1. The lowest BCUT2D eigenvalue weighted by atomic mass is 9.94. The summed E-state index contributed by atoms with van der Waals surface area (Å²) in [5, 5.41) is 0. The molecule has 0 aromatic heterocycles. The molecular formula is C13H18O. The van der Waals surface area contributed by atoms with Crippen LogP contribution < -0.4 is 0 Å². The van der Waals surface area contributed by atoms with Gasteiger partial charge in [-0.1, -0.05) is 39.0 Å². The number of hydrogen-bond donors (Lipinski definition) is 0. The van der Waals surface area contributed by atoms with Crippen LogP contribution in [0.1, 0.15) is 42.3 Å². The number of rotatable bonds is 4. The van der Waals surface area contributed by atoms with Crippen LogP contribution in [0.25, 0.3) is 0 Å². The van der Waals surface area contributed by atoms with Crippen molar-refractivity contribution in [1.29, 1.82) is 0 Å². The summed E-state index contributed by atoms with van der Waals surface area (Å²) in [6.07, 6.45) is 2.92. The van der Waals surface area contributed by atoms with Gasteiger partial charge in [0.25, 0.3) is 0 Å². The molecule has 0 aliphatic rings. The first-order chi connectivity index (χ1) is 6.69. The Morgan fingerprint density at radius 3 is 2.43 bits per heavy atom. The van der Waals surface area contributed by atoms with Crippen molar-refractivity contribution in [2.75, 3.05) is 0 Å². The molecule has 14 heavy (non-hydrogen) atoms. The van der Waals surface area contributed by atoms with Crippen molar-refractivity contribution in [3.63, 3.8) is 0 Å². The zero-order chi connectivity index (χ0) is 10.6. The number of carbonyl (C=O) groups excluding carboxylic acids is 1. The van der Waals surface area contributed by atoms with Crippen LogP contribution in [-0.4, -0.2) is 6.29 Å². The monoisotopic (exact) mass is 190 g/mol. The average molecular weight is 190 g/mol. The van der Waals surface area contributed by atoms with Gasteiger partial charge in [-0.15, -0.1) is 0 Å². The van der Waals surface area contributed by atoms with Crippen LogP contribution in [0, 0.1) is 5.92 Å². The third kappa shape index (κ3) is 2.44. The Labute approximate surface area is 86.1 Å². The SMILES string of the molecule is CCc1cccc(CC(C)C)c1C=O. The van der Waals surface area contributed by atoms with E-state index in [1.165, 1.54) is 5.56 Å². The van der Waals surface area contributed by atoms with Gasteiger partial charge in [0.15, 0.2) is 6.29 Å². The molecule has 0 heterocycles. The van der Waals surface area contributed by atoms with E-state index in [0.29, 0.717) is 5.92 Å². The maximum atomic E-state index is 11.0. The average Bonchev–Trinajstić information content (AvgIpc) is 2.16. The first-order valence-electron chi connectivity index (χ1n) is 5.25. The summed E-state index contributed by atoms with van der Waals surface area (Å²) < 4.78 is 0. The summed E-state index contributed by atoms with van der Waals surface area (Å²) in [6.45, 7) is 6.43. The third-order valence-electron chi connectivity index (χ3n) is 2.41. The van der Waals surface area contributed by atoms with E-state index >= 15 is 0 Å². The molecule has 76 valence electrons. The smallest absolute Gasteiger partial charge is 0.150 e. The standard InChI is InChI=1S/C13H18O/c1-4-11-6-5-7-12(8-10(2)3)13(11)9-14/h5-7,9-10H,4,8H2,1-3H3. The molecule has 0 saturated carbocycles. The second-order valence-corrected chi connectivity index (χ2v) is 4.06. The fraction of sp³-hybridized carbons (Fsp3) is 0.462. The molecule has 0 radical (unpaired) electrons. The summed E-state index contributed by atoms with van der Waals surface area (Å²) >= 11 is 0. The van der Waals surface area contributed by atoms with Crippen molar-refractivity contribution in [2.45, 2.75) is 33.6 Å². The van der Waals surface area contributed by atoms with E-state index in [1.54, 1.807) is 0 Å². The first-order valence-corrected chi connectivity index (χ1v) is 5.25. The van der Waals surface area contributed by atoms with Crippen molar-refractivity contribution in [3.8, 4) is 0 Å². The molecule has 0 aliphatic heterocycles. The van der Waals surface area contributed by atoms with Crippen LogP contribution in [0.15, 0.2) is 18.2 Å². The minimum absolute atomic E-state index is 0.598. The summed E-state index contributed by atoms with van der Waals surface area (Å²) in [4.78, 5) is 11.0. The predicted molar refractivity (Wildman–Crippen MR) is 59.7 cm³/mol. The van der Waals surface area contributed by atoms with Gasteiger partial charge in [-0.2, -0.15) is 0 Å². The van der Waals surface area contributed by atoms with Gasteiger partial charge >= 0.3 is 0 Å². The van der Waals surface area contributed by atoms with Crippen molar-refractivity contribution >= 4 is 6.29 Å². The third-order valence-corrected chi connectivity index (χ3v) is 2.41. The maximum absolute atomic E-state index is 11.0. The molecule has 1 heteroatoms. The number of hydrogen-bond acceptors (Lipinski definition) is 1. The quantitative estimate of drug-likeness (QED) is 0.666. The second kappa shape index (κ2) is 4.94. The number of benzene rings is 1. The van der Waals surface area contributed by atoms with E-state index in [0.717, 1.165) is 30.3 Å². The second-order valence-electron chi connectivity index (χ2n) is 4.06. The summed E-state index contributed by atoms with van der Waals surface area (Å²) in [5.41, 5.74) is 3.26. The molecule has 0 fully saturated rings. The van der Waals surface area contributed by atoms with E-state index in [1.807, 2.05) is 12.1 Å². The molecule has 0 amide bonds. The lowest BCUT2D eigenvalue weighted by Gasteiger charge is -2.10. The van der Waals surface area contributed by atoms with Crippen molar-refractivity contribution in [1.82, 2.24) is 0 Å². The molecule has 0 bridgehead atoms. The highest BCUT2D eigenvalue weighted by Crippen LogP contribution is 2.17. The van der Waals surface area contributed by atoms with Crippen molar-refractivity contribution in [2.24, 2.45) is 5.92 Å². The molecule has 0 saturated heterocycles. The minimum Gasteiger partial charge on any atom is -0.298 e. The van der Waals surface area contributed by atoms with Gasteiger partial charge in [0.1, 0.15) is 0 Å². The Bertz CT molecular complexity index is 313. The zero-order valence-corrected chi connectivity index (χ0v) is 9.21. The van der Waals surface area contributed by atoms with Gasteiger partial charge < -0.3 is 0 Å². The van der Waals surface area contributed by atoms with Crippen LogP contribution in [0.4, 0.5) is 0 Å².